The Morgan fingerprint density at radius 3 is 2.04 bits per heavy atom. The molecule has 2 N–H and O–H groups in total. The maximum Gasteiger partial charge on any atom is 0.251 e. The summed E-state index contributed by atoms with van der Waals surface area (Å²) in [6, 6.07) is 16.4. The molecule has 0 aliphatic carbocycles. The van der Waals surface area contributed by atoms with Gasteiger partial charge in [-0.15, -0.1) is 0 Å². The molecule has 2 aromatic carbocycles. The first kappa shape index (κ1) is 17.4. The van der Waals surface area contributed by atoms with Crippen LogP contribution in [0.15, 0.2) is 60.7 Å². The Hall–Kier alpha value is -2.99. The molecule has 0 fully saturated rings. The van der Waals surface area contributed by atoms with Gasteiger partial charge in [-0.25, -0.2) is 0 Å². The molecule has 0 saturated carbocycles. The number of aliphatic carboxylic acids is 1. The van der Waals surface area contributed by atoms with Crippen molar-refractivity contribution in [1.29, 1.82) is 0 Å². The number of Topliss-reactive ketones (excluding diaryl/α,β-unsaturated/α-hetero) is 1. The third-order valence-electron chi connectivity index (χ3n) is 3.55. The van der Waals surface area contributed by atoms with E-state index in [0.717, 1.165) is 0 Å². The van der Waals surface area contributed by atoms with Crippen LogP contribution in [0.1, 0.15) is 15.9 Å². The van der Waals surface area contributed by atoms with Crippen LogP contribution in [0.4, 0.5) is 0 Å². The Labute approximate surface area is 138 Å². The normalized spacial score (nSPS) is 12.9. The quantitative estimate of drug-likeness (QED) is 0.680. The zero-order chi connectivity index (χ0) is 17.6. The third-order valence-corrected chi connectivity index (χ3v) is 3.55. The van der Waals surface area contributed by atoms with E-state index >= 15 is 0 Å². The van der Waals surface area contributed by atoms with Gasteiger partial charge in [-0.05, 0) is 17.7 Å². The molecule has 0 aliphatic heterocycles. The minimum Gasteiger partial charge on any atom is -0.546 e. The van der Waals surface area contributed by atoms with Crippen LogP contribution in [-0.2, 0) is 16.0 Å². The number of amides is 1. The standard InChI is InChI=1S/C18H17NO5/c20-15(12-19-16(21)14-9-5-2-6-10-14)18(24,17(22)23)11-13-7-3-1-4-8-13/h1-10,24H,11-12H2,(H,19,21)(H,22,23)/p-1. The van der Waals surface area contributed by atoms with Gasteiger partial charge in [0.15, 0.2) is 11.4 Å². The molecule has 2 aromatic rings. The average molecular weight is 326 g/mol. The lowest BCUT2D eigenvalue weighted by molar-refractivity contribution is -0.321. The van der Waals surface area contributed by atoms with Gasteiger partial charge in [0.05, 0.1) is 12.5 Å². The number of carboxylic acids is 1. The van der Waals surface area contributed by atoms with Crippen molar-refractivity contribution in [2.75, 3.05) is 6.54 Å². The van der Waals surface area contributed by atoms with Crippen molar-refractivity contribution in [2.24, 2.45) is 0 Å². The minimum absolute atomic E-state index is 0.324. The first-order valence-electron chi connectivity index (χ1n) is 7.28. The van der Waals surface area contributed by atoms with Crippen LogP contribution in [0.25, 0.3) is 0 Å². The summed E-state index contributed by atoms with van der Waals surface area (Å²) < 4.78 is 0. The molecule has 1 amide bonds. The fourth-order valence-electron chi connectivity index (χ4n) is 2.17. The summed E-state index contributed by atoms with van der Waals surface area (Å²) in [6.45, 7) is -0.620. The SMILES string of the molecule is O=C(NCC(=O)C(O)(Cc1ccccc1)C(=O)[O-])c1ccccc1. The van der Waals surface area contributed by atoms with Gasteiger partial charge >= 0.3 is 0 Å². The number of nitrogens with one attached hydrogen (secondary N) is 1. The molecule has 24 heavy (non-hydrogen) atoms. The summed E-state index contributed by atoms with van der Waals surface area (Å²) in [6.07, 6.45) is -0.434. The van der Waals surface area contributed by atoms with Crippen molar-refractivity contribution in [3.8, 4) is 0 Å². The van der Waals surface area contributed by atoms with Crippen molar-refractivity contribution in [1.82, 2.24) is 5.32 Å². The van der Waals surface area contributed by atoms with Gasteiger partial charge in [-0.2, -0.15) is 0 Å². The number of ketones is 1. The topological polar surface area (TPSA) is 107 Å². The zero-order valence-electron chi connectivity index (χ0n) is 12.8. The van der Waals surface area contributed by atoms with E-state index in [0.29, 0.717) is 11.1 Å². The monoisotopic (exact) mass is 326 g/mol. The van der Waals surface area contributed by atoms with Crippen LogP contribution in [-0.4, -0.2) is 34.9 Å². The summed E-state index contributed by atoms with van der Waals surface area (Å²) >= 11 is 0. The Kier molecular flexibility index (Phi) is 5.44. The lowest BCUT2D eigenvalue weighted by Gasteiger charge is -2.27. The zero-order valence-corrected chi connectivity index (χ0v) is 12.8. The smallest absolute Gasteiger partial charge is 0.251 e. The maximum absolute atomic E-state index is 12.2. The van der Waals surface area contributed by atoms with Crippen molar-refractivity contribution < 1.29 is 24.6 Å². The number of benzene rings is 2. The van der Waals surface area contributed by atoms with Gasteiger partial charge in [0.1, 0.15) is 0 Å². The fraction of sp³-hybridized carbons (Fsp3) is 0.167. The Bertz CT molecular complexity index is 730. The molecular weight excluding hydrogens is 310 g/mol. The van der Waals surface area contributed by atoms with Gasteiger partial charge in [0.25, 0.3) is 5.91 Å². The molecule has 0 spiro atoms. The number of carboxylic acid groups (broad SMARTS) is 1. The Morgan fingerprint density at radius 2 is 1.50 bits per heavy atom. The van der Waals surface area contributed by atoms with E-state index in [2.05, 4.69) is 5.32 Å². The molecule has 1 unspecified atom stereocenters. The van der Waals surface area contributed by atoms with Crippen molar-refractivity contribution in [3.05, 3.63) is 71.8 Å². The molecule has 2 rings (SSSR count). The number of rotatable bonds is 7. The second kappa shape index (κ2) is 7.52. The lowest BCUT2D eigenvalue weighted by atomic mass is 9.90. The van der Waals surface area contributed by atoms with Crippen LogP contribution >= 0.6 is 0 Å². The van der Waals surface area contributed by atoms with Gasteiger partial charge in [-0.1, -0.05) is 48.5 Å². The highest BCUT2D eigenvalue weighted by molar-refractivity contribution is 6.08. The molecule has 6 heteroatoms. The van der Waals surface area contributed by atoms with Crippen LogP contribution in [0.2, 0.25) is 0 Å². The molecule has 6 nitrogen and oxygen atoms in total. The number of carbonyl (C=O) groups excluding carboxylic acids is 3. The number of hydrogen-bond acceptors (Lipinski definition) is 5. The molecule has 0 heterocycles. The van der Waals surface area contributed by atoms with E-state index in [1.165, 1.54) is 0 Å². The minimum atomic E-state index is -2.70. The molecule has 0 aromatic heterocycles. The first-order chi connectivity index (χ1) is 11.4. The Morgan fingerprint density at radius 1 is 0.958 bits per heavy atom. The van der Waals surface area contributed by atoms with E-state index in [9.17, 15) is 24.6 Å². The van der Waals surface area contributed by atoms with Crippen LogP contribution in [0, 0.1) is 0 Å². The third kappa shape index (κ3) is 4.05. The van der Waals surface area contributed by atoms with E-state index < -0.39 is 36.2 Å². The predicted octanol–water partition coefficient (Wildman–Crippen LogP) is -0.291. The molecule has 0 aliphatic rings. The van der Waals surface area contributed by atoms with Gasteiger partial charge in [0.2, 0.25) is 0 Å². The number of aliphatic hydroxyl groups is 1. The second-order valence-corrected chi connectivity index (χ2v) is 5.28. The molecular formula is C18H16NO5-. The Balaban J connectivity index is 2.06. The van der Waals surface area contributed by atoms with E-state index in [-0.39, 0.29) is 0 Å². The predicted molar refractivity (Wildman–Crippen MR) is 83.9 cm³/mol. The fourth-order valence-corrected chi connectivity index (χ4v) is 2.17. The highest BCUT2D eigenvalue weighted by Crippen LogP contribution is 2.14. The summed E-state index contributed by atoms with van der Waals surface area (Å²) in [5, 5.41) is 23.8. The number of carbonyl (C=O) groups is 3. The summed E-state index contributed by atoms with van der Waals surface area (Å²) in [4.78, 5) is 35.3. The van der Waals surface area contributed by atoms with Crippen molar-refractivity contribution in [3.63, 3.8) is 0 Å². The maximum atomic E-state index is 12.2. The molecule has 1 atom stereocenters. The van der Waals surface area contributed by atoms with E-state index in [4.69, 9.17) is 0 Å². The van der Waals surface area contributed by atoms with E-state index in [1.807, 2.05) is 0 Å². The summed E-state index contributed by atoms with van der Waals surface area (Å²) in [5.74, 6) is -3.48. The van der Waals surface area contributed by atoms with Crippen LogP contribution in [0.5, 0.6) is 0 Å². The van der Waals surface area contributed by atoms with Crippen molar-refractivity contribution >= 4 is 17.7 Å². The highest BCUT2D eigenvalue weighted by Gasteiger charge is 2.37. The van der Waals surface area contributed by atoms with Crippen molar-refractivity contribution in [2.45, 2.75) is 12.0 Å². The summed E-state index contributed by atoms with van der Waals surface area (Å²) in [5.41, 5.74) is -1.91. The highest BCUT2D eigenvalue weighted by atomic mass is 16.4. The first-order valence-corrected chi connectivity index (χ1v) is 7.28. The van der Waals surface area contributed by atoms with E-state index in [1.54, 1.807) is 60.7 Å². The average Bonchev–Trinajstić information content (AvgIpc) is 2.60. The van der Waals surface area contributed by atoms with Gasteiger partial charge in [0, 0.05) is 12.0 Å². The van der Waals surface area contributed by atoms with Crippen LogP contribution < -0.4 is 10.4 Å². The van der Waals surface area contributed by atoms with Gasteiger partial charge < -0.3 is 20.3 Å². The lowest BCUT2D eigenvalue weighted by Crippen LogP contribution is -2.58. The summed E-state index contributed by atoms with van der Waals surface area (Å²) in [7, 11) is 0. The second-order valence-electron chi connectivity index (χ2n) is 5.28. The molecule has 0 radical (unpaired) electrons. The van der Waals surface area contributed by atoms with Gasteiger partial charge in [-0.3, -0.25) is 9.59 Å². The molecule has 0 saturated heterocycles. The number of hydrogen-bond donors (Lipinski definition) is 2. The molecule has 124 valence electrons. The largest absolute Gasteiger partial charge is 0.546 e. The van der Waals surface area contributed by atoms with Crippen LogP contribution in [0.3, 0.4) is 0 Å². The molecule has 0 bridgehead atoms.